The van der Waals surface area contributed by atoms with Crippen LogP contribution in [0.2, 0.25) is 0 Å². The first-order valence-electron chi connectivity index (χ1n) is 4.43. The minimum atomic E-state index is -5.56. The molecule has 0 aliphatic heterocycles. The second-order valence-corrected chi connectivity index (χ2v) is 4.91. The summed E-state index contributed by atoms with van der Waals surface area (Å²) in [5.74, 6) is -0.221. The van der Waals surface area contributed by atoms with Crippen LogP contribution in [0, 0.1) is 0 Å². The highest BCUT2D eigenvalue weighted by Gasteiger charge is 2.49. The lowest BCUT2D eigenvalue weighted by Gasteiger charge is -2.21. The van der Waals surface area contributed by atoms with Crippen LogP contribution < -0.4 is 4.18 Å². The van der Waals surface area contributed by atoms with Gasteiger partial charge in [-0.3, -0.25) is 0 Å². The highest BCUT2D eigenvalue weighted by molar-refractivity contribution is 7.88. The van der Waals surface area contributed by atoms with Crippen molar-refractivity contribution in [3.05, 3.63) is 29.3 Å². The molecule has 0 saturated heterocycles. The Morgan fingerprint density at radius 3 is 2.38 bits per heavy atom. The summed E-state index contributed by atoms with van der Waals surface area (Å²) in [6, 6.07) is 4.42. The van der Waals surface area contributed by atoms with Crippen LogP contribution in [0.4, 0.5) is 13.2 Å². The van der Waals surface area contributed by atoms with Crippen molar-refractivity contribution >= 4 is 10.1 Å². The molecule has 0 saturated carbocycles. The molecular weight excluding hydrogens is 245 g/mol. The van der Waals surface area contributed by atoms with Gasteiger partial charge in [0, 0.05) is 0 Å². The van der Waals surface area contributed by atoms with E-state index in [9.17, 15) is 21.6 Å². The number of hydrogen-bond donors (Lipinski definition) is 0. The fourth-order valence-electron chi connectivity index (χ4n) is 1.46. The molecule has 0 aromatic heterocycles. The van der Waals surface area contributed by atoms with Gasteiger partial charge >= 0.3 is 15.6 Å². The molecule has 1 aromatic carbocycles. The SMILES string of the molecule is O=S(=O)(Oc1cccc2c1CC2)C(F)(F)F. The lowest BCUT2D eigenvalue weighted by molar-refractivity contribution is -0.0500. The van der Waals surface area contributed by atoms with Crippen molar-refractivity contribution in [2.24, 2.45) is 0 Å². The van der Waals surface area contributed by atoms with E-state index >= 15 is 0 Å². The number of hydrogen-bond acceptors (Lipinski definition) is 3. The van der Waals surface area contributed by atoms with E-state index in [0.29, 0.717) is 12.0 Å². The van der Waals surface area contributed by atoms with Crippen molar-refractivity contribution < 1.29 is 25.8 Å². The molecule has 1 aliphatic carbocycles. The van der Waals surface area contributed by atoms with E-state index in [1.54, 1.807) is 6.07 Å². The third kappa shape index (κ3) is 1.75. The van der Waals surface area contributed by atoms with Gasteiger partial charge in [0.2, 0.25) is 0 Å². The van der Waals surface area contributed by atoms with Crippen molar-refractivity contribution in [1.29, 1.82) is 0 Å². The largest absolute Gasteiger partial charge is 0.534 e. The lowest BCUT2D eigenvalue weighted by atomic mass is 9.88. The molecule has 0 bridgehead atoms. The zero-order valence-corrected chi connectivity index (χ0v) is 8.73. The van der Waals surface area contributed by atoms with E-state index in [-0.39, 0.29) is 5.75 Å². The summed E-state index contributed by atoms with van der Waals surface area (Å²) in [7, 11) is -5.56. The molecule has 0 amide bonds. The van der Waals surface area contributed by atoms with Gasteiger partial charge in [0.25, 0.3) is 0 Å². The molecule has 0 N–H and O–H groups in total. The van der Waals surface area contributed by atoms with Crippen molar-refractivity contribution in [3.63, 3.8) is 0 Å². The Labute approximate surface area is 90.0 Å². The summed E-state index contributed by atoms with van der Waals surface area (Å²) in [6.45, 7) is 0. The van der Waals surface area contributed by atoms with Gasteiger partial charge in [-0.25, -0.2) is 0 Å². The van der Waals surface area contributed by atoms with Gasteiger partial charge in [0.05, 0.1) is 0 Å². The molecule has 0 fully saturated rings. The highest BCUT2D eigenvalue weighted by Crippen LogP contribution is 2.35. The minimum Gasteiger partial charge on any atom is -0.376 e. The fourth-order valence-corrected chi connectivity index (χ4v) is 1.94. The Morgan fingerprint density at radius 1 is 1.19 bits per heavy atom. The molecule has 7 heteroatoms. The minimum absolute atomic E-state index is 0.221. The molecule has 0 atom stereocenters. The van der Waals surface area contributed by atoms with Gasteiger partial charge in [-0.2, -0.15) is 21.6 Å². The second-order valence-electron chi connectivity index (χ2n) is 3.38. The summed E-state index contributed by atoms with van der Waals surface area (Å²) in [5, 5.41) is 0. The molecule has 1 aliphatic rings. The topological polar surface area (TPSA) is 43.4 Å². The van der Waals surface area contributed by atoms with Gasteiger partial charge in [-0.05, 0) is 30.0 Å². The number of aryl methyl sites for hydroxylation is 1. The van der Waals surface area contributed by atoms with Gasteiger partial charge in [0.1, 0.15) is 5.75 Å². The molecule has 0 spiro atoms. The fraction of sp³-hybridized carbons (Fsp3) is 0.333. The van der Waals surface area contributed by atoms with Crippen molar-refractivity contribution in [2.45, 2.75) is 18.3 Å². The van der Waals surface area contributed by atoms with Crippen molar-refractivity contribution in [3.8, 4) is 5.75 Å². The van der Waals surface area contributed by atoms with Gasteiger partial charge < -0.3 is 4.18 Å². The summed E-state index contributed by atoms with van der Waals surface area (Å²) >= 11 is 0. The molecule has 0 heterocycles. The Bertz CT molecular complexity index is 519. The van der Waals surface area contributed by atoms with Crippen molar-refractivity contribution in [1.82, 2.24) is 0 Å². The Morgan fingerprint density at radius 2 is 1.88 bits per heavy atom. The molecule has 16 heavy (non-hydrogen) atoms. The summed E-state index contributed by atoms with van der Waals surface area (Å²) in [6.07, 6.45) is 1.28. The summed E-state index contributed by atoms with van der Waals surface area (Å²) in [4.78, 5) is 0. The third-order valence-electron chi connectivity index (χ3n) is 2.36. The predicted molar refractivity (Wildman–Crippen MR) is 49.5 cm³/mol. The molecule has 0 radical (unpaired) electrons. The normalized spacial score (nSPS) is 15.2. The monoisotopic (exact) mass is 252 g/mol. The van der Waals surface area contributed by atoms with Gasteiger partial charge in [0.15, 0.2) is 0 Å². The van der Waals surface area contributed by atoms with E-state index in [0.717, 1.165) is 12.0 Å². The smallest absolute Gasteiger partial charge is 0.376 e. The highest BCUT2D eigenvalue weighted by atomic mass is 32.2. The first kappa shape index (κ1) is 11.3. The van der Waals surface area contributed by atoms with Crippen molar-refractivity contribution in [2.75, 3.05) is 0 Å². The number of benzene rings is 1. The Kier molecular flexibility index (Phi) is 2.37. The summed E-state index contributed by atoms with van der Waals surface area (Å²) < 4.78 is 61.8. The van der Waals surface area contributed by atoms with Crippen LogP contribution >= 0.6 is 0 Å². The molecular formula is C9H7F3O3S. The number of fused-ring (bicyclic) bond motifs is 1. The average molecular weight is 252 g/mol. The van der Waals surface area contributed by atoms with E-state index < -0.39 is 15.6 Å². The van der Waals surface area contributed by atoms with Crippen LogP contribution in [-0.4, -0.2) is 13.9 Å². The Balaban J connectivity index is 2.32. The molecule has 1 aromatic rings. The molecule has 88 valence electrons. The van der Waals surface area contributed by atoms with E-state index in [4.69, 9.17) is 0 Å². The quantitative estimate of drug-likeness (QED) is 0.597. The maximum Gasteiger partial charge on any atom is 0.534 e. The van der Waals surface area contributed by atoms with Crippen LogP contribution in [0.15, 0.2) is 18.2 Å². The first-order valence-corrected chi connectivity index (χ1v) is 5.83. The first-order chi connectivity index (χ1) is 7.31. The van der Waals surface area contributed by atoms with Crippen LogP contribution in [0.3, 0.4) is 0 Å². The van der Waals surface area contributed by atoms with Gasteiger partial charge in [-0.1, -0.05) is 12.1 Å². The standard InChI is InChI=1S/C9H7F3O3S/c10-9(11,12)16(13,14)15-8-3-1-2-6-4-5-7(6)8/h1-3H,4-5H2. The van der Waals surface area contributed by atoms with E-state index in [1.807, 2.05) is 0 Å². The van der Waals surface area contributed by atoms with Crippen LogP contribution in [0.5, 0.6) is 5.75 Å². The lowest BCUT2D eigenvalue weighted by Crippen LogP contribution is -2.29. The predicted octanol–water partition coefficient (Wildman–Crippen LogP) is 2.01. The third-order valence-corrected chi connectivity index (χ3v) is 3.32. The van der Waals surface area contributed by atoms with Crippen LogP contribution in [-0.2, 0) is 23.0 Å². The number of halogens is 3. The number of alkyl halides is 3. The van der Waals surface area contributed by atoms with Crippen LogP contribution in [0.25, 0.3) is 0 Å². The summed E-state index contributed by atoms with van der Waals surface area (Å²) in [5.41, 5.74) is -4.02. The number of rotatable bonds is 2. The maximum absolute atomic E-state index is 12.1. The molecule has 2 rings (SSSR count). The molecule has 3 nitrogen and oxygen atoms in total. The second kappa shape index (κ2) is 3.38. The van der Waals surface area contributed by atoms with Gasteiger partial charge in [-0.15, -0.1) is 0 Å². The Hall–Kier alpha value is -1.24. The molecule has 0 unspecified atom stereocenters. The van der Waals surface area contributed by atoms with E-state index in [1.165, 1.54) is 12.1 Å². The average Bonchev–Trinajstić information content (AvgIpc) is 2.05. The van der Waals surface area contributed by atoms with E-state index in [2.05, 4.69) is 4.18 Å². The zero-order valence-electron chi connectivity index (χ0n) is 7.91. The van der Waals surface area contributed by atoms with Crippen LogP contribution in [0.1, 0.15) is 11.1 Å². The maximum atomic E-state index is 12.1. The zero-order chi connectivity index (χ0) is 12.0.